The lowest BCUT2D eigenvalue weighted by molar-refractivity contribution is 0.230. The van der Waals surface area contributed by atoms with Crippen LogP contribution >= 0.6 is 31.9 Å². The first-order valence-corrected chi connectivity index (χ1v) is 11.9. The summed E-state index contributed by atoms with van der Waals surface area (Å²) in [6.45, 7) is 4.63. The van der Waals surface area contributed by atoms with Gasteiger partial charge in [-0.15, -0.1) is 0 Å². The van der Waals surface area contributed by atoms with Gasteiger partial charge in [-0.05, 0) is 71.7 Å². The summed E-state index contributed by atoms with van der Waals surface area (Å²) >= 11 is 7.39. The number of hydrogen-bond donors (Lipinski definition) is 0. The SMILES string of the molecule is COc1ccc(Cn2c3nc4ccccc4nc3c3cc(Br)cc(Br)c32)cc1OC(C)C. The minimum absolute atomic E-state index is 0.0520. The van der Waals surface area contributed by atoms with Crippen molar-refractivity contribution in [1.29, 1.82) is 0 Å². The molecule has 162 valence electrons. The van der Waals surface area contributed by atoms with Crippen LogP contribution in [0.5, 0.6) is 11.5 Å². The Morgan fingerprint density at radius 1 is 0.938 bits per heavy atom. The standard InChI is InChI=1S/C25H21Br2N3O2/c1-14(2)32-22-10-15(8-9-21(22)31-3)13-30-24-17(11-16(26)12-18(24)27)23-25(30)29-20-7-5-4-6-19(20)28-23/h4-12,14H,13H2,1-3H3. The fraction of sp³-hybridized carbons (Fsp3) is 0.200. The predicted molar refractivity (Wildman–Crippen MR) is 136 cm³/mol. The molecule has 2 heterocycles. The van der Waals surface area contributed by atoms with E-state index in [0.29, 0.717) is 6.54 Å². The second-order valence-electron chi connectivity index (χ2n) is 7.91. The lowest BCUT2D eigenvalue weighted by Gasteiger charge is -2.15. The minimum Gasteiger partial charge on any atom is -0.493 e. The van der Waals surface area contributed by atoms with E-state index < -0.39 is 0 Å². The summed E-state index contributed by atoms with van der Waals surface area (Å²) in [6.07, 6.45) is 0.0520. The summed E-state index contributed by atoms with van der Waals surface area (Å²) in [5.41, 5.74) is 5.63. The highest BCUT2D eigenvalue weighted by molar-refractivity contribution is 9.11. The van der Waals surface area contributed by atoms with E-state index in [1.54, 1.807) is 7.11 Å². The number of nitrogens with zero attached hydrogens (tertiary/aromatic N) is 3. The monoisotopic (exact) mass is 553 g/mol. The van der Waals surface area contributed by atoms with Crippen molar-refractivity contribution in [3.63, 3.8) is 0 Å². The molecular weight excluding hydrogens is 534 g/mol. The van der Waals surface area contributed by atoms with Gasteiger partial charge in [-0.2, -0.15) is 0 Å². The molecule has 0 aliphatic heterocycles. The highest BCUT2D eigenvalue weighted by Gasteiger charge is 2.18. The van der Waals surface area contributed by atoms with Crippen molar-refractivity contribution in [2.24, 2.45) is 0 Å². The fourth-order valence-electron chi connectivity index (χ4n) is 3.99. The average molecular weight is 555 g/mol. The van der Waals surface area contributed by atoms with Crippen LogP contribution < -0.4 is 9.47 Å². The maximum Gasteiger partial charge on any atom is 0.161 e. The van der Waals surface area contributed by atoms with E-state index in [9.17, 15) is 0 Å². The normalized spacial score (nSPS) is 11.7. The van der Waals surface area contributed by atoms with Crippen LogP contribution in [0.15, 0.2) is 63.5 Å². The van der Waals surface area contributed by atoms with Crippen LogP contribution in [0, 0.1) is 0 Å². The second-order valence-corrected chi connectivity index (χ2v) is 9.68. The molecule has 0 aliphatic rings. The second kappa shape index (κ2) is 8.37. The van der Waals surface area contributed by atoms with Crippen molar-refractivity contribution in [3.8, 4) is 11.5 Å². The Kier molecular flexibility index (Phi) is 5.55. The zero-order valence-corrected chi connectivity index (χ0v) is 21.1. The van der Waals surface area contributed by atoms with E-state index in [2.05, 4.69) is 54.6 Å². The molecule has 0 radical (unpaired) electrons. The van der Waals surface area contributed by atoms with Gasteiger partial charge in [-0.3, -0.25) is 0 Å². The van der Waals surface area contributed by atoms with Crippen molar-refractivity contribution in [3.05, 3.63) is 69.1 Å². The van der Waals surface area contributed by atoms with Gasteiger partial charge < -0.3 is 14.0 Å². The summed E-state index contributed by atoms with van der Waals surface area (Å²) in [6, 6.07) is 18.2. The summed E-state index contributed by atoms with van der Waals surface area (Å²) < 4.78 is 15.7. The molecule has 32 heavy (non-hydrogen) atoms. The van der Waals surface area contributed by atoms with Gasteiger partial charge in [0.25, 0.3) is 0 Å². The third kappa shape index (κ3) is 3.73. The zero-order chi connectivity index (χ0) is 22.4. The first-order valence-electron chi connectivity index (χ1n) is 10.3. The van der Waals surface area contributed by atoms with Gasteiger partial charge >= 0.3 is 0 Å². The number of ether oxygens (including phenoxy) is 2. The Balaban J connectivity index is 1.75. The molecule has 0 aliphatic carbocycles. The minimum atomic E-state index is 0.0520. The van der Waals surface area contributed by atoms with Gasteiger partial charge in [-0.1, -0.05) is 34.1 Å². The van der Waals surface area contributed by atoms with Crippen LogP contribution in [0.2, 0.25) is 0 Å². The molecule has 0 unspecified atom stereocenters. The summed E-state index contributed by atoms with van der Waals surface area (Å²) in [5.74, 6) is 1.46. The van der Waals surface area contributed by atoms with Crippen LogP contribution in [-0.2, 0) is 6.54 Å². The van der Waals surface area contributed by atoms with E-state index >= 15 is 0 Å². The zero-order valence-electron chi connectivity index (χ0n) is 17.9. The van der Waals surface area contributed by atoms with Crippen molar-refractivity contribution in [1.82, 2.24) is 14.5 Å². The van der Waals surface area contributed by atoms with E-state index in [1.807, 2.05) is 50.2 Å². The fourth-order valence-corrected chi connectivity index (χ4v) is 5.43. The molecule has 5 aromatic rings. The Hall–Kier alpha value is -2.64. The maximum atomic E-state index is 5.99. The van der Waals surface area contributed by atoms with Crippen LogP contribution in [0.4, 0.5) is 0 Å². The molecule has 3 aromatic carbocycles. The van der Waals surface area contributed by atoms with Crippen LogP contribution in [0.25, 0.3) is 33.1 Å². The Labute approximate surface area is 202 Å². The number of hydrogen-bond acceptors (Lipinski definition) is 4. The van der Waals surface area contributed by atoms with Crippen LogP contribution in [-0.4, -0.2) is 27.7 Å². The maximum absolute atomic E-state index is 5.99. The highest BCUT2D eigenvalue weighted by atomic mass is 79.9. The third-order valence-corrected chi connectivity index (χ3v) is 6.35. The van der Waals surface area contributed by atoms with E-state index in [-0.39, 0.29) is 6.10 Å². The summed E-state index contributed by atoms with van der Waals surface area (Å²) in [4.78, 5) is 9.96. The lowest BCUT2D eigenvalue weighted by atomic mass is 10.2. The molecule has 0 amide bonds. The Bertz CT molecular complexity index is 1480. The number of benzene rings is 3. The summed E-state index contributed by atoms with van der Waals surface area (Å²) in [7, 11) is 1.66. The van der Waals surface area contributed by atoms with Gasteiger partial charge in [0.1, 0.15) is 5.52 Å². The molecule has 0 saturated carbocycles. The quantitative estimate of drug-likeness (QED) is 0.232. The average Bonchev–Trinajstić information content (AvgIpc) is 3.05. The predicted octanol–water partition coefficient (Wildman–Crippen LogP) is 7.11. The number of aromatic nitrogens is 3. The number of para-hydroxylation sites is 2. The molecule has 2 aromatic heterocycles. The highest BCUT2D eigenvalue weighted by Crippen LogP contribution is 2.37. The molecule has 0 saturated heterocycles. The molecular formula is C25H21Br2N3O2. The van der Waals surface area contributed by atoms with Crippen molar-refractivity contribution in [2.75, 3.05) is 7.11 Å². The largest absolute Gasteiger partial charge is 0.493 e. The third-order valence-electron chi connectivity index (χ3n) is 5.29. The molecule has 0 bridgehead atoms. The number of methoxy groups -OCH3 is 1. The van der Waals surface area contributed by atoms with Crippen LogP contribution in [0.3, 0.4) is 0 Å². The van der Waals surface area contributed by atoms with Gasteiger partial charge in [0.05, 0.1) is 29.8 Å². The molecule has 0 fully saturated rings. The van der Waals surface area contributed by atoms with Gasteiger partial charge in [0.2, 0.25) is 0 Å². The Morgan fingerprint density at radius 3 is 2.41 bits per heavy atom. The summed E-state index contributed by atoms with van der Waals surface area (Å²) in [5, 5.41) is 1.05. The van der Waals surface area contributed by atoms with Gasteiger partial charge in [-0.25, -0.2) is 9.97 Å². The van der Waals surface area contributed by atoms with E-state index in [4.69, 9.17) is 19.4 Å². The van der Waals surface area contributed by atoms with E-state index in [0.717, 1.165) is 59.1 Å². The Morgan fingerprint density at radius 2 is 1.69 bits per heavy atom. The van der Waals surface area contributed by atoms with Crippen molar-refractivity contribution in [2.45, 2.75) is 26.5 Å². The smallest absolute Gasteiger partial charge is 0.161 e. The molecule has 0 spiro atoms. The van der Waals surface area contributed by atoms with Gasteiger partial charge in [0, 0.05) is 20.9 Å². The molecule has 0 N–H and O–H groups in total. The molecule has 5 nitrogen and oxygen atoms in total. The topological polar surface area (TPSA) is 49.2 Å². The first-order chi connectivity index (χ1) is 15.4. The number of halogens is 2. The van der Waals surface area contributed by atoms with Crippen molar-refractivity contribution >= 4 is 65.0 Å². The van der Waals surface area contributed by atoms with E-state index in [1.165, 1.54) is 0 Å². The lowest BCUT2D eigenvalue weighted by Crippen LogP contribution is -2.08. The van der Waals surface area contributed by atoms with Crippen LogP contribution in [0.1, 0.15) is 19.4 Å². The molecule has 0 atom stereocenters. The molecule has 7 heteroatoms. The molecule has 5 rings (SSSR count). The van der Waals surface area contributed by atoms with Gasteiger partial charge in [0.15, 0.2) is 17.1 Å². The number of rotatable bonds is 5. The van der Waals surface area contributed by atoms with Crippen molar-refractivity contribution < 1.29 is 9.47 Å². The number of fused-ring (bicyclic) bond motifs is 4. The first kappa shape index (κ1) is 21.2.